The minimum absolute atomic E-state index is 0.218. The van der Waals surface area contributed by atoms with Crippen LogP contribution in [-0.2, 0) is 4.79 Å². The van der Waals surface area contributed by atoms with Crippen molar-refractivity contribution in [3.8, 4) is 11.5 Å². The quantitative estimate of drug-likeness (QED) is 0.373. The van der Waals surface area contributed by atoms with Crippen LogP contribution in [-0.4, -0.2) is 51.4 Å². The van der Waals surface area contributed by atoms with Crippen molar-refractivity contribution in [2.24, 2.45) is 0 Å². The average molecular weight is 505 g/mol. The van der Waals surface area contributed by atoms with E-state index < -0.39 is 12.1 Å². The molecule has 10 nitrogen and oxygen atoms in total. The maximum Gasteiger partial charge on any atom is 0.490 e. The Balaban J connectivity index is 0.000000454. The summed E-state index contributed by atoms with van der Waals surface area (Å²) in [6, 6.07) is 7.44. The molecule has 0 aliphatic heterocycles. The second-order valence-corrected chi connectivity index (χ2v) is 7.68. The van der Waals surface area contributed by atoms with E-state index in [2.05, 4.69) is 25.3 Å². The van der Waals surface area contributed by atoms with Gasteiger partial charge in [0.1, 0.15) is 17.0 Å². The largest absolute Gasteiger partial charge is 0.497 e. The van der Waals surface area contributed by atoms with Gasteiger partial charge in [0.2, 0.25) is 11.9 Å². The number of aliphatic carboxylic acids is 1. The number of methoxy groups -OCH3 is 2. The molecular weight excluding hydrogens is 483 g/mol. The Morgan fingerprint density at radius 2 is 1.64 bits per heavy atom. The lowest BCUT2D eigenvalue weighted by molar-refractivity contribution is -0.192. The molecule has 0 fully saturated rings. The maximum absolute atomic E-state index is 12.5. The fraction of sp³-hybridized carbons (Fsp3) is 0.261. The number of nitrogens with zero attached hydrogens (tertiary/aromatic N) is 3. The van der Waals surface area contributed by atoms with Crippen LogP contribution in [0, 0.1) is 20.8 Å². The zero-order valence-electron chi connectivity index (χ0n) is 19.9. The number of carboxylic acid groups (broad SMARTS) is 1. The number of rotatable bonds is 4. The third-order valence-corrected chi connectivity index (χ3v) is 5.00. The highest BCUT2D eigenvalue weighted by Crippen LogP contribution is 2.32. The second-order valence-electron chi connectivity index (χ2n) is 7.68. The van der Waals surface area contributed by atoms with Crippen LogP contribution in [0.1, 0.15) is 16.8 Å². The summed E-state index contributed by atoms with van der Waals surface area (Å²) in [6.07, 6.45) is -5.08. The number of carbonyl (C=O) groups is 1. The Kier molecular flexibility index (Phi) is 7.32. The summed E-state index contributed by atoms with van der Waals surface area (Å²) >= 11 is 0. The van der Waals surface area contributed by atoms with E-state index in [9.17, 15) is 18.0 Å². The number of hydrogen-bond acceptors (Lipinski definition) is 8. The Labute approximate surface area is 202 Å². The van der Waals surface area contributed by atoms with Gasteiger partial charge in [0, 0.05) is 11.5 Å². The van der Waals surface area contributed by atoms with Crippen molar-refractivity contribution in [3.63, 3.8) is 0 Å². The predicted molar refractivity (Wildman–Crippen MR) is 126 cm³/mol. The summed E-state index contributed by atoms with van der Waals surface area (Å²) in [5.41, 5.74) is 3.74. The Bertz CT molecular complexity index is 1520. The molecule has 13 heteroatoms. The average Bonchev–Trinajstić information content (AvgIpc) is 2.79. The fourth-order valence-electron chi connectivity index (χ4n) is 3.41. The minimum atomic E-state index is -5.08. The van der Waals surface area contributed by atoms with Crippen LogP contribution >= 0.6 is 0 Å². The standard InChI is InChI=1S/C21H21N5O3.C2HF3O2/c1-10-6-11(2)17-15(7-10)19(27)25-21(23-17)26-20-22-12(3)14-8-13(28-4)9-16(29-5)18(14)24-20;3-2(4,5)1(6)7/h6-9H,1-5H3,(H2,22,23,24,25,26,27);(H,6,7). The Morgan fingerprint density at radius 1 is 0.972 bits per heavy atom. The number of aromatic nitrogens is 4. The molecule has 36 heavy (non-hydrogen) atoms. The minimum Gasteiger partial charge on any atom is -0.497 e. The van der Waals surface area contributed by atoms with Gasteiger partial charge in [-0.25, -0.2) is 19.7 Å². The van der Waals surface area contributed by atoms with Crippen LogP contribution in [0.4, 0.5) is 25.1 Å². The molecule has 2 aromatic heterocycles. The molecule has 0 unspecified atom stereocenters. The summed E-state index contributed by atoms with van der Waals surface area (Å²) in [5.74, 6) is -0.939. The topological polar surface area (TPSA) is 139 Å². The molecule has 4 rings (SSSR count). The second kappa shape index (κ2) is 10.1. The summed E-state index contributed by atoms with van der Waals surface area (Å²) in [6.45, 7) is 5.75. The van der Waals surface area contributed by atoms with Crippen LogP contribution in [0.3, 0.4) is 0 Å². The van der Waals surface area contributed by atoms with E-state index in [1.807, 2.05) is 39.0 Å². The predicted octanol–water partition coefficient (Wildman–Crippen LogP) is 4.19. The summed E-state index contributed by atoms with van der Waals surface area (Å²) in [4.78, 5) is 37.8. The van der Waals surface area contributed by atoms with E-state index in [-0.39, 0.29) is 11.5 Å². The third kappa shape index (κ3) is 5.62. The van der Waals surface area contributed by atoms with Crippen molar-refractivity contribution in [1.82, 2.24) is 19.9 Å². The van der Waals surface area contributed by atoms with Gasteiger partial charge < -0.3 is 14.6 Å². The van der Waals surface area contributed by atoms with E-state index in [0.717, 1.165) is 22.2 Å². The monoisotopic (exact) mass is 505 g/mol. The van der Waals surface area contributed by atoms with Gasteiger partial charge in [-0.05, 0) is 44.0 Å². The van der Waals surface area contributed by atoms with Gasteiger partial charge in [0.05, 0.1) is 30.8 Å². The molecule has 0 saturated carbocycles. The molecule has 2 heterocycles. The smallest absolute Gasteiger partial charge is 0.490 e. The van der Waals surface area contributed by atoms with Gasteiger partial charge in [-0.3, -0.25) is 15.1 Å². The zero-order chi connectivity index (χ0) is 26.8. The number of fused-ring (bicyclic) bond motifs is 2. The van der Waals surface area contributed by atoms with Crippen LogP contribution in [0.15, 0.2) is 29.1 Å². The Morgan fingerprint density at radius 3 is 2.22 bits per heavy atom. The van der Waals surface area contributed by atoms with Gasteiger partial charge >= 0.3 is 12.1 Å². The first kappa shape index (κ1) is 26.2. The molecule has 0 saturated heterocycles. The van der Waals surface area contributed by atoms with E-state index in [1.54, 1.807) is 20.3 Å². The van der Waals surface area contributed by atoms with Crippen molar-refractivity contribution < 1.29 is 32.5 Å². The van der Waals surface area contributed by atoms with Crippen molar-refractivity contribution in [2.75, 3.05) is 19.5 Å². The molecule has 3 N–H and O–H groups in total. The summed E-state index contributed by atoms with van der Waals surface area (Å²) in [7, 11) is 3.17. The third-order valence-electron chi connectivity index (χ3n) is 5.00. The Hall–Kier alpha value is -4.42. The number of halogens is 3. The number of anilines is 2. The normalized spacial score (nSPS) is 11.1. The first-order chi connectivity index (χ1) is 16.8. The number of H-pyrrole nitrogens is 1. The number of nitrogens with one attached hydrogen (secondary N) is 2. The number of benzene rings is 2. The molecule has 190 valence electrons. The highest BCUT2D eigenvalue weighted by Gasteiger charge is 2.38. The summed E-state index contributed by atoms with van der Waals surface area (Å²) in [5, 5.41) is 11.5. The van der Waals surface area contributed by atoms with Gasteiger partial charge in [-0.1, -0.05) is 6.07 Å². The molecule has 0 aliphatic rings. The molecule has 0 bridgehead atoms. The first-order valence-corrected chi connectivity index (χ1v) is 10.3. The first-order valence-electron chi connectivity index (χ1n) is 10.3. The van der Waals surface area contributed by atoms with Crippen molar-refractivity contribution in [1.29, 1.82) is 0 Å². The lowest BCUT2D eigenvalue weighted by atomic mass is 10.1. The number of aryl methyl sites for hydroxylation is 3. The maximum atomic E-state index is 12.5. The van der Waals surface area contributed by atoms with Gasteiger partial charge in [-0.2, -0.15) is 13.2 Å². The molecule has 0 radical (unpaired) electrons. The van der Waals surface area contributed by atoms with Crippen LogP contribution in [0.2, 0.25) is 0 Å². The molecular formula is C23H22F3N5O5. The molecule has 2 aromatic carbocycles. The fourth-order valence-corrected chi connectivity index (χ4v) is 3.41. The van der Waals surface area contributed by atoms with Crippen molar-refractivity contribution >= 4 is 39.7 Å². The SMILES string of the molecule is COc1cc(OC)c2nc(Nc3nc4c(C)cc(C)cc4c(=O)[nH]3)nc(C)c2c1.O=C(O)C(F)(F)F. The molecule has 4 aromatic rings. The van der Waals surface area contributed by atoms with Crippen LogP contribution in [0.5, 0.6) is 11.5 Å². The van der Waals surface area contributed by atoms with Gasteiger partial charge in [0.25, 0.3) is 5.56 Å². The number of hydrogen-bond donors (Lipinski definition) is 3. The van der Waals surface area contributed by atoms with Crippen molar-refractivity contribution in [2.45, 2.75) is 26.9 Å². The number of aromatic amines is 1. The lowest BCUT2D eigenvalue weighted by Crippen LogP contribution is -2.21. The highest BCUT2D eigenvalue weighted by atomic mass is 19.4. The zero-order valence-corrected chi connectivity index (χ0v) is 19.9. The number of ether oxygens (including phenoxy) is 2. The van der Waals surface area contributed by atoms with Crippen molar-refractivity contribution in [3.05, 3.63) is 51.4 Å². The van der Waals surface area contributed by atoms with E-state index in [1.165, 1.54) is 0 Å². The lowest BCUT2D eigenvalue weighted by Gasteiger charge is -2.12. The van der Waals surface area contributed by atoms with Crippen LogP contribution in [0.25, 0.3) is 21.8 Å². The highest BCUT2D eigenvalue weighted by molar-refractivity contribution is 5.89. The van der Waals surface area contributed by atoms with E-state index in [0.29, 0.717) is 33.9 Å². The van der Waals surface area contributed by atoms with Crippen LogP contribution < -0.4 is 20.3 Å². The van der Waals surface area contributed by atoms with E-state index in [4.69, 9.17) is 19.4 Å². The molecule has 0 aliphatic carbocycles. The molecule has 0 amide bonds. The number of alkyl halides is 3. The van der Waals surface area contributed by atoms with Gasteiger partial charge in [-0.15, -0.1) is 0 Å². The van der Waals surface area contributed by atoms with Gasteiger partial charge in [0.15, 0.2) is 0 Å². The summed E-state index contributed by atoms with van der Waals surface area (Å²) < 4.78 is 42.5. The van der Waals surface area contributed by atoms with E-state index >= 15 is 0 Å². The molecule has 0 atom stereocenters. The number of carboxylic acids is 1. The molecule has 0 spiro atoms.